The van der Waals surface area contributed by atoms with Crippen LogP contribution in [0.4, 0.5) is 0 Å². The lowest BCUT2D eigenvalue weighted by molar-refractivity contribution is -0.118. The van der Waals surface area contributed by atoms with Crippen LogP contribution in [-0.4, -0.2) is 16.0 Å². The Morgan fingerprint density at radius 3 is 3.00 bits per heavy atom. The molecule has 0 spiro atoms. The quantitative estimate of drug-likeness (QED) is 0.645. The molecule has 0 unspecified atom stereocenters. The molecule has 11 heavy (non-hydrogen) atoms. The molecule has 1 aromatic rings. The van der Waals surface area contributed by atoms with E-state index in [0.29, 0.717) is 12.8 Å². The van der Waals surface area contributed by atoms with Gasteiger partial charge >= 0.3 is 0 Å². The fourth-order valence-corrected chi connectivity index (χ4v) is 0.755. The topological polar surface area (TPSA) is 42.9 Å². The highest BCUT2D eigenvalue weighted by molar-refractivity contribution is 5.79. The predicted molar refractivity (Wildman–Crippen MR) is 41.0 cm³/mol. The summed E-state index contributed by atoms with van der Waals surface area (Å²) >= 11 is 0. The van der Waals surface area contributed by atoms with Gasteiger partial charge in [0.2, 0.25) is 0 Å². The molecule has 0 N–H and O–H groups in total. The van der Waals surface area contributed by atoms with Gasteiger partial charge in [0.25, 0.3) is 0 Å². The molecule has 0 aliphatic rings. The Hall–Kier alpha value is -1.25. The van der Waals surface area contributed by atoms with Crippen molar-refractivity contribution in [3.63, 3.8) is 0 Å². The smallest absolute Gasteiger partial charge is 0.138 e. The average Bonchev–Trinajstić information content (AvgIpc) is 2.06. The molecule has 0 aliphatic carbocycles. The van der Waals surface area contributed by atoms with Gasteiger partial charge < -0.3 is 0 Å². The molecule has 0 atom stereocenters. The van der Waals surface area contributed by atoms with Crippen LogP contribution in [0, 0.1) is 0 Å². The van der Waals surface area contributed by atoms with Crippen molar-refractivity contribution in [3.8, 4) is 0 Å². The number of carbonyl (C=O) groups excluding carboxylic acids is 1. The molecule has 58 valence electrons. The molecule has 1 aromatic heterocycles. The van der Waals surface area contributed by atoms with Crippen molar-refractivity contribution in [1.29, 1.82) is 0 Å². The van der Waals surface area contributed by atoms with Crippen LogP contribution in [0.5, 0.6) is 0 Å². The normalized spacial score (nSPS) is 9.55. The van der Waals surface area contributed by atoms with Gasteiger partial charge in [-0.15, -0.1) is 0 Å². The van der Waals surface area contributed by atoms with Gasteiger partial charge in [0.15, 0.2) is 0 Å². The van der Waals surface area contributed by atoms with Gasteiger partial charge in [-0.2, -0.15) is 10.2 Å². The second-order valence-corrected chi connectivity index (χ2v) is 2.28. The summed E-state index contributed by atoms with van der Waals surface area (Å²) in [4.78, 5) is 10.9. The van der Waals surface area contributed by atoms with Crippen LogP contribution >= 0.6 is 0 Å². The third-order valence-electron chi connectivity index (χ3n) is 1.40. The minimum atomic E-state index is 0.200. The zero-order valence-electron chi connectivity index (χ0n) is 6.45. The second kappa shape index (κ2) is 3.81. The highest BCUT2D eigenvalue weighted by Crippen LogP contribution is 1.95. The van der Waals surface area contributed by atoms with E-state index in [-0.39, 0.29) is 5.78 Å². The van der Waals surface area contributed by atoms with E-state index in [9.17, 15) is 4.79 Å². The minimum Gasteiger partial charge on any atom is -0.299 e. The molecule has 0 bridgehead atoms. The zero-order valence-corrected chi connectivity index (χ0v) is 6.45. The van der Waals surface area contributed by atoms with Crippen molar-refractivity contribution >= 4 is 5.78 Å². The molecule has 0 fully saturated rings. The molecule has 0 saturated heterocycles. The number of hydrogen-bond donors (Lipinski definition) is 0. The summed E-state index contributed by atoms with van der Waals surface area (Å²) in [6.45, 7) is 1.85. The molecule has 0 radical (unpaired) electrons. The van der Waals surface area contributed by atoms with Crippen LogP contribution in [0.15, 0.2) is 18.3 Å². The van der Waals surface area contributed by atoms with E-state index in [1.165, 1.54) is 0 Å². The highest BCUT2D eigenvalue weighted by Gasteiger charge is 2.00. The number of hydrogen-bond acceptors (Lipinski definition) is 3. The molecule has 0 amide bonds. The summed E-state index contributed by atoms with van der Waals surface area (Å²) in [6, 6.07) is 3.59. The van der Waals surface area contributed by atoms with Crippen LogP contribution in [0.25, 0.3) is 0 Å². The maximum Gasteiger partial charge on any atom is 0.138 e. The SMILES string of the molecule is CCC(=O)Cc1cccnn1. The van der Waals surface area contributed by atoms with Gasteiger partial charge in [-0.3, -0.25) is 4.79 Å². The van der Waals surface area contributed by atoms with Crippen molar-refractivity contribution in [2.24, 2.45) is 0 Å². The third kappa shape index (κ3) is 2.45. The average molecular weight is 150 g/mol. The molecule has 0 saturated carbocycles. The van der Waals surface area contributed by atoms with E-state index in [1.54, 1.807) is 18.3 Å². The predicted octanol–water partition coefficient (Wildman–Crippen LogP) is 0.998. The zero-order chi connectivity index (χ0) is 8.10. The Morgan fingerprint density at radius 2 is 2.45 bits per heavy atom. The van der Waals surface area contributed by atoms with Crippen LogP contribution < -0.4 is 0 Å². The lowest BCUT2D eigenvalue weighted by Gasteiger charge is -1.94. The van der Waals surface area contributed by atoms with E-state index < -0.39 is 0 Å². The van der Waals surface area contributed by atoms with Crippen LogP contribution in [0.1, 0.15) is 19.0 Å². The van der Waals surface area contributed by atoms with Crippen molar-refractivity contribution < 1.29 is 4.79 Å². The maximum absolute atomic E-state index is 10.9. The molecule has 3 heteroatoms. The highest BCUT2D eigenvalue weighted by atomic mass is 16.1. The number of carbonyl (C=O) groups is 1. The first-order valence-electron chi connectivity index (χ1n) is 3.61. The Bertz CT molecular complexity index is 233. The van der Waals surface area contributed by atoms with Crippen LogP contribution in [0.3, 0.4) is 0 Å². The van der Waals surface area contributed by atoms with Crippen molar-refractivity contribution in [1.82, 2.24) is 10.2 Å². The second-order valence-electron chi connectivity index (χ2n) is 2.28. The minimum absolute atomic E-state index is 0.200. The molecule has 1 heterocycles. The molecular weight excluding hydrogens is 140 g/mol. The first-order chi connectivity index (χ1) is 5.33. The lowest BCUT2D eigenvalue weighted by atomic mass is 10.2. The van der Waals surface area contributed by atoms with Crippen LogP contribution in [0.2, 0.25) is 0 Å². The Kier molecular flexibility index (Phi) is 2.72. The van der Waals surface area contributed by atoms with E-state index in [2.05, 4.69) is 10.2 Å². The summed E-state index contributed by atoms with van der Waals surface area (Å²) in [5.74, 6) is 0.200. The van der Waals surface area contributed by atoms with Gasteiger partial charge in [-0.1, -0.05) is 6.92 Å². The van der Waals surface area contributed by atoms with Crippen molar-refractivity contribution in [2.45, 2.75) is 19.8 Å². The summed E-state index contributed by atoms with van der Waals surface area (Å²) in [5, 5.41) is 7.47. The molecule has 0 aromatic carbocycles. The lowest BCUT2D eigenvalue weighted by Crippen LogP contribution is -2.02. The summed E-state index contributed by atoms with van der Waals surface area (Å²) in [6.07, 6.45) is 2.57. The molecule has 1 rings (SSSR count). The van der Waals surface area contributed by atoms with Gasteiger partial charge in [-0.05, 0) is 12.1 Å². The van der Waals surface area contributed by atoms with E-state index in [0.717, 1.165) is 5.69 Å². The number of aromatic nitrogens is 2. The maximum atomic E-state index is 10.9. The number of ketones is 1. The first kappa shape index (κ1) is 7.85. The van der Waals surface area contributed by atoms with Crippen molar-refractivity contribution in [2.75, 3.05) is 0 Å². The molecular formula is C8H10N2O. The largest absolute Gasteiger partial charge is 0.299 e. The van der Waals surface area contributed by atoms with E-state index in [1.807, 2.05) is 6.92 Å². The Balaban J connectivity index is 2.58. The van der Waals surface area contributed by atoms with Gasteiger partial charge in [0, 0.05) is 12.6 Å². The van der Waals surface area contributed by atoms with Crippen LogP contribution in [-0.2, 0) is 11.2 Å². The van der Waals surface area contributed by atoms with E-state index in [4.69, 9.17) is 0 Å². The Morgan fingerprint density at radius 1 is 1.64 bits per heavy atom. The Labute approximate surface area is 65.5 Å². The number of rotatable bonds is 3. The third-order valence-corrected chi connectivity index (χ3v) is 1.40. The summed E-state index contributed by atoms with van der Waals surface area (Å²) in [5.41, 5.74) is 0.749. The monoisotopic (exact) mass is 150 g/mol. The first-order valence-corrected chi connectivity index (χ1v) is 3.61. The van der Waals surface area contributed by atoms with Gasteiger partial charge in [-0.25, -0.2) is 0 Å². The van der Waals surface area contributed by atoms with Gasteiger partial charge in [0.05, 0.1) is 12.1 Å². The van der Waals surface area contributed by atoms with Crippen molar-refractivity contribution in [3.05, 3.63) is 24.0 Å². The number of nitrogens with zero attached hydrogens (tertiary/aromatic N) is 2. The summed E-state index contributed by atoms with van der Waals surface area (Å²) in [7, 11) is 0. The van der Waals surface area contributed by atoms with E-state index >= 15 is 0 Å². The fourth-order valence-electron chi connectivity index (χ4n) is 0.755. The number of Topliss-reactive ketones (excluding diaryl/α,β-unsaturated/α-hetero) is 1. The fraction of sp³-hybridized carbons (Fsp3) is 0.375. The molecule has 0 aliphatic heterocycles. The molecule has 3 nitrogen and oxygen atoms in total. The van der Waals surface area contributed by atoms with Gasteiger partial charge in [0.1, 0.15) is 5.78 Å². The summed E-state index contributed by atoms with van der Waals surface area (Å²) < 4.78 is 0. The standard InChI is InChI=1S/C8H10N2O/c1-2-8(11)6-7-4-3-5-9-10-7/h3-5H,2,6H2,1H3.